The van der Waals surface area contributed by atoms with E-state index in [0.717, 1.165) is 23.8 Å². The number of halogens is 4. The number of anilines is 1. The first-order chi connectivity index (χ1) is 20.0. The molecule has 8 nitrogen and oxygen atoms in total. The van der Waals surface area contributed by atoms with Gasteiger partial charge in [0, 0.05) is 40.9 Å². The second-order valence-electron chi connectivity index (χ2n) is 10.5. The average molecular weight is 604 g/mol. The van der Waals surface area contributed by atoms with Gasteiger partial charge in [-0.2, -0.15) is 13.2 Å². The first-order valence-corrected chi connectivity index (χ1v) is 13.9. The van der Waals surface area contributed by atoms with Crippen molar-refractivity contribution >= 4 is 29.1 Å². The van der Waals surface area contributed by atoms with Crippen LogP contribution in [0.3, 0.4) is 0 Å². The summed E-state index contributed by atoms with van der Waals surface area (Å²) in [4.78, 5) is 38.5. The Kier molecular flexibility index (Phi) is 8.60. The molecule has 0 radical (unpaired) electrons. The zero-order valence-electron chi connectivity index (χ0n) is 22.5. The highest BCUT2D eigenvalue weighted by molar-refractivity contribution is 6.30. The molecule has 5 rings (SSSR count). The van der Waals surface area contributed by atoms with Crippen molar-refractivity contribution in [2.75, 3.05) is 18.5 Å². The van der Waals surface area contributed by atoms with E-state index in [-0.39, 0.29) is 36.9 Å². The molecule has 222 valence electrons. The number of benzene rings is 2. The fourth-order valence-electron chi connectivity index (χ4n) is 5.02. The lowest BCUT2D eigenvalue weighted by Gasteiger charge is -2.28. The van der Waals surface area contributed by atoms with E-state index >= 15 is 0 Å². The Labute approximate surface area is 244 Å². The number of rotatable bonds is 8. The Balaban J connectivity index is 1.51. The maximum atomic E-state index is 13.8. The summed E-state index contributed by atoms with van der Waals surface area (Å²) in [5.74, 6) is -2.94. The summed E-state index contributed by atoms with van der Waals surface area (Å²) in [6, 6.07) is 10.6. The van der Waals surface area contributed by atoms with Gasteiger partial charge in [0.25, 0.3) is 5.56 Å². The minimum atomic E-state index is -4.52. The summed E-state index contributed by atoms with van der Waals surface area (Å²) in [5.41, 5.74) is 6.39. The molecule has 1 aliphatic carbocycles. The van der Waals surface area contributed by atoms with Crippen LogP contribution in [0.4, 0.5) is 18.9 Å². The molecule has 0 spiro atoms. The van der Waals surface area contributed by atoms with Crippen LogP contribution in [-0.2, 0) is 16.0 Å². The predicted octanol–water partition coefficient (Wildman–Crippen LogP) is 5.52. The fourth-order valence-corrected chi connectivity index (χ4v) is 5.20. The minimum absolute atomic E-state index is 0.0237. The van der Waals surface area contributed by atoms with Crippen molar-refractivity contribution in [3.63, 3.8) is 0 Å². The number of fused-ring (bicyclic) bond motifs is 3. The summed E-state index contributed by atoms with van der Waals surface area (Å²) in [5, 5.41) is 3.03. The molecule has 0 saturated heterocycles. The quantitative estimate of drug-likeness (QED) is 0.352. The minimum Gasteiger partial charge on any atom is -0.491 e. The van der Waals surface area contributed by atoms with E-state index < -0.39 is 42.1 Å². The van der Waals surface area contributed by atoms with Crippen molar-refractivity contribution in [2.24, 2.45) is 11.7 Å². The Hall–Kier alpha value is -3.83. The molecular weight excluding hydrogens is 575 g/mol. The second-order valence-corrected chi connectivity index (χ2v) is 10.9. The number of hydrogen-bond acceptors (Lipinski definition) is 5. The molecular formula is C30H29ClF3N3O5. The Bertz CT molecular complexity index is 1540. The number of aromatic nitrogens is 1. The van der Waals surface area contributed by atoms with Crippen LogP contribution in [0, 0.1) is 5.92 Å². The molecule has 2 amide bonds. The predicted molar refractivity (Wildman–Crippen MR) is 151 cm³/mol. The van der Waals surface area contributed by atoms with Crippen LogP contribution >= 0.6 is 11.6 Å². The number of carbonyl (C=O) groups is 2. The lowest BCUT2D eigenvalue weighted by molar-refractivity contribution is -0.181. The van der Waals surface area contributed by atoms with Crippen molar-refractivity contribution in [2.45, 2.75) is 50.4 Å². The number of nitrogens with zero attached hydrogens (tertiary/aromatic N) is 1. The summed E-state index contributed by atoms with van der Waals surface area (Å²) in [7, 11) is 0. The van der Waals surface area contributed by atoms with E-state index in [1.54, 1.807) is 0 Å². The smallest absolute Gasteiger partial charge is 0.395 e. The molecule has 1 aromatic heterocycles. The molecule has 12 heteroatoms. The lowest BCUT2D eigenvalue weighted by atomic mass is 9.91. The lowest BCUT2D eigenvalue weighted by Crippen LogP contribution is -2.35. The molecule has 1 fully saturated rings. The van der Waals surface area contributed by atoms with Crippen molar-refractivity contribution in [1.82, 2.24) is 4.57 Å². The van der Waals surface area contributed by atoms with Gasteiger partial charge in [-0.3, -0.25) is 19.0 Å². The highest BCUT2D eigenvalue weighted by Gasteiger charge is 2.41. The third-order valence-electron chi connectivity index (χ3n) is 7.65. The molecule has 2 aromatic carbocycles. The van der Waals surface area contributed by atoms with Crippen molar-refractivity contribution < 1.29 is 32.2 Å². The Morgan fingerprint density at radius 3 is 2.50 bits per heavy atom. The molecule has 3 N–H and O–H groups in total. The number of alkyl halides is 3. The second kappa shape index (κ2) is 12.2. The number of primary amides is 1. The maximum Gasteiger partial charge on any atom is 0.395 e. The SMILES string of the molecule is NC(=O)c1ccc(NC(=O)C(CCOC2CCC2)n2cc3c(cc2=O)-c2cc(Cl)ccc2C[C@@H](C(F)(F)F)CO3)cc1. The number of nitrogens with one attached hydrogen (secondary N) is 1. The molecule has 0 bridgehead atoms. The highest BCUT2D eigenvalue weighted by Crippen LogP contribution is 2.40. The standard InChI is InChI=1S/C30H29ClF3N3O5/c31-20-7-4-18-12-19(30(32,33)34)16-42-26-15-37(27(38)14-24(26)23(18)13-20)25(10-11-41-22-2-1-3-22)29(40)36-21-8-5-17(6-9-21)28(35)39/h4-9,13-15,19,22,25H,1-3,10-12,16H2,(H2,35,39)(H,36,40)/t19-,25?/m1/s1. The number of pyridine rings is 1. The summed E-state index contributed by atoms with van der Waals surface area (Å²) >= 11 is 6.19. The number of ether oxygens (including phenoxy) is 2. The van der Waals surface area contributed by atoms with Crippen molar-refractivity contribution in [3.8, 4) is 16.9 Å². The summed E-state index contributed by atoms with van der Waals surface area (Å²) < 4.78 is 54.2. The molecule has 42 heavy (non-hydrogen) atoms. The maximum absolute atomic E-state index is 13.8. The first-order valence-electron chi connectivity index (χ1n) is 13.6. The van der Waals surface area contributed by atoms with Crippen LogP contribution in [0.1, 0.15) is 47.6 Å². The van der Waals surface area contributed by atoms with E-state index in [0.29, 0.717) is 27.4 Å². The molecule has 1 unspecified atom stereocenters. The molecule has 3 aromatic rings. The van der Waals surface area contributed by atoms with E-state index in [1.165, 1.54) is 54.7 Å². The van der Waals surface area contributed by atoms with Gasteiger partial charge < -0.3 is 20.5 Å². The molecule has 2 aliphatic rings. The van der Waals surface area contributed by atoms with Crippen molar-refractivity contribution in [3.05, 3.63) is 81.2 Å². The monoisotopic (exact) mass is 603 g/mol. The van der Waals surface area contributed by atoms with Gasteiger partial charge in [0.05, 0.1) is 18.2 Å². The first kappa shape index (κ1) is 29.7. The number of amides is 2. The van der Waals surface area contributed by atoms with Crippen LogP contribution in [0.25, 0.3) is 11.1 Å². The average Bonchev–Trinajstić information content (AvgIpc) is 2.90. The van der Waals surface area contributed by atoms with E-state index in [2.05, 4.69) is 5.32 Å². The van der Waals surface area contributed by atoms with Crippen LogP contribution in [-0.4, -0.2) is 41.9 Å². The van der Waals surface area contributed by atoms with Crippen LogP contribution < -0.4 is 21.3 Å². The van der Waals surface area contributed by atoms with Gasteiger partial charge in [0.15, 0.2) is 0 Å². The number of carbonyl (C=O) groups excluding carboxylic acids is 2. The Morgan fingerprint density at radius 1 is 1.12 bits per heavy atom. The summed E-state index contributed by atoms with van der Waals surface area (Å²) in [6.45, 7) is -0.479. The fraction of sp³-hybridized carbons (Fsp3) is 0.367. The van der Waals surface area contributed by atoms with E-state index in [9.17, 15) is 27.6 Å². The largest absolute Gasteiger partial charge is 0.491 e. The van der Waals surface area contributed by atoms with Gasteiger partial charge in [0.1, 0.15) is 18.4 Å². The molecule has 1 saturated carbocycles. The van der Waals surface area contributed by atoms with Crippen LogP contribution in [0.15, 0.2) is 59.5 Å². The van der Waals surface area contributed by atoms with E-state index in [4.69, 9.17) is 26.8 Å². The third kappa shape index (κ3) is 6.63. The van der Waals surface area contributed by atoms with E-state index in [1.807, 2.05) is 0 Å². The number of nitrogens with two attached hydrogens (primary N) is 1. The number of hydrogen-bond donors (Lipinski definition) is 2. The highest BCUT2D eigenvalue weighted by atomic mass is 35.5. The normalized spacial score (nSPS) is 17.5. The van der Waals surface area contributed by atoms with Gasteiger partial charge in [0.2, 0.25) is 11.8 Å². The molecule has 2 heterocycles. The molecule has 1 aliphatic heterocycles. The van der Waals surface area contributed by atoms with Gasteiger partial charge in [-0.15, -0.1) is 0 Å². The van der Waals surface area contributed by atoms with Crippen molar-refractivity contribution in [1.29, 1.82) is 0 Å². The third-order valence-corrected chi connectivity index (χ3v) is 7.88. The van der Waals surface area contributed by atoms with Gasteiger partial charge in [-0.1, -0.05) is 17.7 Å². The topological polar surface area (TPSA) is 113 Å². The van der Waals surface area contributed by atoms with Crippen LogP contribution in [0.5, 0.6) is 5.75 Å². The Morgan fingerprint density at radius 2 is 1.86 bits per heavy atom. The van der Waals surface area contributed by atoms with Crippen LogP contribution in [0.2, 0.25) is 5.02 Å². The van der Waals surface area contributed by atoms with Gasteiger partial charge in [-0.25, -0.2) is 0 Å². The zero-order valence-corrected chi connectivity index (χ0v) is 23.2. The van der Waals surface area contributed by atoms with Gasteiger partial charge in [-0.05, 0) is 73.2 Å². The summed E-state index contributed by atoms with van der Waals surface area (Å²) in [6.07, 6.45) is -0.478. The van der Waals surface area contributed by atoms with Gasteiger partial charge >= 0.3 is 6.18 Å². The zero-order chi connectivity index (χ0) is 30.0. The molecule has 2 atom stereocenters.